The van der Waals surface area contributed by atoms with Gasteiger partial charge in [0, 0.05) is 19.7 Å². The molecule has 1 aromatic heterocycles. The first kappa shape index (κ1) is 14.3. The number of carbonyl (C=O) groups is 2. The molecule has 6 heteroatoms. The lowest BCUT2D eigenvalue weighted by Gasteiger charge is -2.08. The maximum atomic E-state index is 11.5. The molecule has 0 saturated carbocycles. The van der Waals surface area contributed by atoms with Crippen LogP contribution in [0.1, 0.15) is 28.5 Å². The van der Waals surface area contributed by atoms with Crippen molar-refractivity contribution < 1.29 is 14.7 Å². The van der Waals surface area contributed by atoms with E-state index in [1.54, 1.807) is 0 Å². The van der Waals surface area contributed by atoms with Crippen molar-refractivity contribution in [1.82, 2.24) is 4.57 Å². The van der Waals surface area contributed by atoms with Crippen LogP contribution in [0, 0.1) is 11.3 Å². The summed E-state index contributed by atoms with van der Waals surface area (Å²) in [5, 5.41) is 20.9. The third kappa shape index (κ3) is 3.09. The average Bonchev–Trinajstić information content (AvgIpc) is 2.76. The second kappa shape index (κ2) is 5.92. The molecule has 0 aliphatic rings. The van der Waals surface area contributed by atoms with Gasteiger partial charge in [0.05, 0.1) is 11.3 Å². The molecule has 0 unspecified atom stereocenters. The topological polar surface area (TPSA) is 95.1 Å². The van der Waals surface area contributed by atoms with Gasteiger partial charge in [-0.15, -0.1) is 0 Å². The number of anilines is 1. The lowest BCUT2D eigenvalue weighted by molar-refractivity contribution is -0.114. The molecule has 0 saturated heterocycles. The SMILES string of the molecule is CC(=O)Nc1c(C#N)cn(Cc2ccccc2)c1C(=O)O. The van der Waals surface area contributed by atoms with Gasteiger partial charge in [-0.1, -0.05) is 30.3 Å². The van der Waals surface area contributed by atoms with Gasteiger partial charge in [-0.3, -0.25) is 4.79 Å². The quantitative estimate of drug-likeness (QED) is 0.897. The molecule has 2 N–H and O–H groups in total. The second-order valence-corrected chi connectivity index (χ2v) is 4.48. The molecule has 0 aliphatic heterocycles. The van der Waals surface area contributed by atoms with Crippen LogP contribution in [0.25, 0.3) is 0 Å². The van der Waals surface area contributed by atoms with Crippen LogP contribution < -0.4 is 5.32 Å². The summed E-state index contributed by atoms with van der Waals surface area (Å²) in [5.41, 5.74) is 0.950. The molecule has 106 valence electrons. The molecule has 1 amide bonds. The minimum absolute atomic E-state index is 0.0356. The molecule has 0 bridgehead atoms. The molecule has 0 spiro atoms. The number of carboxylic acid groups (broad SMARTS) is 1. The summed E-state index contributed by atoms with van der Waals surface area (Å²) >= 11 is 0. The van der Waals surface area contributed by atoms with E-state index in [0.29, 0.717) is 6.54 Å². The molecule has 21 heavy (non-hydrogen) atoms. The Balaban J connectivity index is 2.51. The van der Waals surface area contributed by atoms with Crippen molar-refractivity contribution in [1.29, 1.82) is 5.26 Å². The van der Waals surface area contributed by atoms with Crippen LogP contribution in [0.2, 0.25) is 0 Å². The lowest BCUT2D eigenvalue weighted by Crippen LogP contribution is -2.14. The number of carboxylic acids is 1. The fraction of sp³-hybridized carbons (Fsp3) is 0.133. The summed E-state index contributed by atoms with van der Waals surface area (Å²) in [6.45, 7) is 1.57. The van der Waals surface area contributed by atoms with Gasteiger partial charge in [-0.2, -0.15) is 5.26 Å². The van der Waals surface area contributed by atoms with Crippen LogP contribution in [0.5, 0.6) is 0 Å². The van der Waals surface area contributed by atoms with Crippen molar-refractivity contribution in [2.24, 2.45) is 0 Å². The number of rotatable bonds is 4. The molecule has 2 rings (SSSR count). The molecule has 0 radical (unpaired) electrons. The highest BCUT2D eigenvalue weighted by atomic mass is 16.4. The maximum absolute atomic E-state index is 11.5. The van der Waals surface area contributed by atoms with Crippen LogP contribution in [0.4, 0.5) is 5.69 Å². The van der Waals surface area contributed by atoms with Crippen molar-refractivity contribution in [3.63, 3.8) is 0 Å². The zero-order valence-electron chi connectivity index (χ0n) is 11.3. The summed E-state index contributed by atoms with van der Waals surface area (Å²) in [5.74, 6) is -1.62. The van der Waals surface area contributed by atoms with Crippen molar-refractivity contribution >= 4 is 17.6 Å². The van der Waals surface area contributed by atoms with E-state index < -0.39 is 11.9 Å². The normalized spacial score (nSPS) is 9.90. The van der Waals surface area contributed by atoms with Crippen LogP contribution in [-0.4, -0.2) is 21.6 Å². The molecule has 6 nitrogen and oxygen atoms in total. The number of nitrogens with zero attached hydrogens (tertiary/aromatic N) is 2. The average molecular weight is 283 g/mol. The molecule has 1 heterocycles. The van der Waals surface area contributed by atoms with Gasteiger partial charge in [-0.05, 0) is 5.56 Å². The minimum atomic E-state index is -1.20. The highest BCUT2D eigenvalue weighted by Crippen LogP contribution is 2.24. The van der Waals surface area contributed by atoms with Crippen molar-refractivity contribution in [2.75, 3.05) is 5.32 Å². The number of carbonyl (C=O) groups excluding carboxylic acids is 1. The van der Waals surface area contributed by atoms with E-state index in [1.807, 2.05) is 36.4 Å². The lowest BCUT2D eigenvalue weighted by atomic mass is 10.2. The third-order valence-electron chi connectivity index (χ3n) is 2.90. The molecule has 0 aliphatic carbocycles. The Bertz CT molecular complexity index is 727. The van der Waals surface area contributed by atoms with Gasteiger partial charge in [0.25, 0.3) is 0 Å². The number of hydrogen-bond donors (Lipinski definition) is 2. The Kier molecular flexibility index (Phi) is 4.05. The first-order chi connectivity index (χ1) is 10.0. The van der Waals surface area contributed by atoms with Crippen LogP contribution in [0.15, 0.2) is 36.5 Å². The fourth-order valence-corrected chi connectivity index (χ4v) is 2.08. The zero-order valence-corrected chi connectivity index (χ0v) is 11.3. The number of nitrogens with one attached hydrogen (secondary N) is 1. The van der Waals surface area contributed by atoms with E-state index >= 15 is 0 Å². The van der Waals surface area contributed by atoms with Crippen molar-refractivity contribution in [3.8, 4) is 6.07 Å². The monoisotopic (exact) mass is 283 g/mol. The van der Waals surface area contributed by atoms with Gasteiger partial charge in [0.15, 0.2) is 5.69 Å². The predicted molar refractivity (Wildman–Crippen MR) is 76.0 cm³/mol. The Morgan fingerprint density at radius 1 is 1.33 bits per heavy atom. The van der Waals surface area contributed by atoms with Crippen molar-refractivity contribution in [3.05, 3.63) is 53.3 Å². The van der Waals surface area contributed by atoms with Crippen LogP contribution >= 0.6 is 0 Å². The van der Waals surface area contributed by atoms with E-state index in [0.717, 1.165) is 5.56 Å². The van der Waals surface area contributed by atoms with Gasteiger partial charge in [-0.25, -0.2) is 4.79 Å². The van der Waals surface area contributed by atoms with E-state index in [4.69, 9.17) is 5.26 Å². The molecular weight excluding hydrogens is 270 g/mol. The second-order valence-electron chi connectivity index (χ2n) is 4.48. The molecule has 0 atom stereocenters. The summed E-state index contributed by atoms with van der Waals surface area (Å²) in [4.78, 5) is 22.7. The predicted octanol–water partition coefficient (Wildman–Crippen LogP) is 2.06. The zero-order chi connectivity index (χ0) is 15.4. The smallest absolute Gasteiger partial charge is 0.354 e. The summed E-state index contributed by atoms with van der Waals surface area (Å²) in [7, 11) is 0. The third-order valence-corrected chi connectivity index (χ3v) is 2.90. The number of aromatic nitrogens is 1. The Morgan fingerprint density at radius 3 is 2.52 bits per heavy atom. The number of hydrogen-bond acceptors (Lipinski definition) is 3. The van der Waals surface area contributed by atoms with Crippen molar-refractivity contribution in [2.45, 2.75) is 13.5 Å². The number of benzene rings is 1. The maximum Gasteiger partial charge on any atom is 0.354 e. The first-order valence-electron chi connectivity index (χ1n) is 6.21. The van der Waals surface area contributed by atoms with Gasteiger partial charge >= 0.3 is 5.97 Å². The van der Waals surface area contributed by atoms with Gasteiger partial charge in [0.1, 0.15) is 6.07 Å². The minimum Gasteiger partial charge on any atom is -0.477 e. The van der Waals surface area contributed by atoms with E-state index in [-0.39, 0.29) is 16.9 Å². The van der Waals surface area contributed by atoms with E-state index in [1.165, 1.54) is 17.7 Å². The van der Waals surface area contributed by atoms with Gasteiger partial charge in [0.2, 0.25) is 5.91 Å². The Morgan fingerprint density at radius 2 is 2.00 bits per heavy atom. The number of amides is 1. The molecule has 0 fully saturated rings. The number of nitriles is 1. The van der Waals surface area contributed by atoms with Crippen LogP contribution in [0.3, 0.4) is 0 Å². The summed E-state index contributed by atoms with van der Waals surface area (Å²) in [6, 6.07) is 11.2. The number of aromatic carboxylic acids is 1. The fourth-order valence-electron chi connectivity index (χ4n) is 2.08. The van der Waals surface area contributed by atoms with E-state index in [9.17, 15) is 14.7 Å². The van der Waals surface area contributed by atoms with Gasteiger partial charge < -0.3 is 15.0 Å². The van der Waals surface area contributed by atoms with Crippen LogP contribution in [-0.2, 0) is 11.3 Å². The standard InChI is InChI=1S/C15H13N3O3/c1-10(19)17-13-12(7-16)9-18(14(13)15(20)21)8-11-5-3-2-4-6-11/h2-6,9H,8H2,1H3,(H,17,19)(H,20,21). The summed E-state index contributed by atoms with van der Waals surface area (Å²) < 4.78 is 1.45. The van der Waals surface area contributed by atoms with E-state index in [2.05, 4.69) is 5.32 Å². The Hall–Kier alpha value is -3.07. The molecule has 2 aromatic rings. The Labute approximate surface area is 121 Å². The summed E-state index contributed by atoms with van der Waals surface area (Å²) in [6.07, 6.45) is 1.43. The molecular formula is C15H13N3O3. The highest BCUT2D eigenvalue weighted by Gasteiger charge is 2.22. The first-order valence-corrected chi connectivity index (χ1v) is 6.21. The molecule has 1 aromatic carbocycles. The largest absolute Gasteiger partial charge is 0.477 e. The highest BCUT2D eigenvalue weighted by molar-refractivity contribution is 6.00.